The third-order valence-electron chi connectivity index (χ3n) is 3.30. The van der Waals surface area contributed by atoms with Gasteiger partial charge in [0, 0.05) is 13.1 Å². The number of nitrogens with two attached hydrogens (primary N) is 1. The Bertz CT molecular complexity index is 496. The zero-order valence-corrected chi connectivity index (χ0v) is 12.6. The zero-order valence-electron chi connectivity index (χ0n) is 12.6. The predicted octanol–water partition coefficient (Wildman–Crippen LogP) is 2.00. The minimum atomic E-state index is -0.359. The summed E-state index contributed by atoms with van der Waals surface area (Å²) < 4.78 is 6.00. The fraction of sp³-hybridized carbons (Fsp3) is 0.533. The molecule has 0 atom stereocenters. The molecule has 0 aromatic heterocycles. The Morgan fingerprint density at radius 3 is 2.30 bits per heavy atom. The molecule has 2 rings (SSSR count). The number of nitrogens with zero attached hydrogens (tertiary/aromatic N) is 1. The number of hydrazine groups is 1. The molecule has 1 aliphatic rings. The minimum Gasteiger partial charge on any atom is -0.366 e. The topological polar surface area (TPSA) is 67.6 Å². The summed E-state index contributed by atoms with van der Waals surface area (Å²) in [6, 6.07) is 7.26. The Hall–Kier alpha value is -1.59. The van der Waals surface area contributed by atoms with Crippen LogP contribution in [0.3, 0.4) is 0 Å². The van der Waals surface area contributed by atoms with Gasteiger partial charge in [0.25, 0.3) is 5.91 Å². The lowest BCUT2D eigenvalue weighted by atomic mass is 9.98. The number of amides is 1. The van der Waals surface area contributed by atoms with E-state index in [1.54, 1.807) is 12.1 Å². The number of carbonyl (C=O) groups is 1. The van der Waals surface area contributed by atoms with Crippen molar-refractivity contribution in [3.63, 3.8) is 0 Å². The van der Waals surface area contributed by atoms with Gasteiger partial charge in [0.05, 0.1) is 22.5 Å². The van der Waals surface area contributed by atoms with Crippen molar-refractivity contribution in [3.8, 4) is 0 Å². The summed E-state index contributed by atoms with van der Waals surface area (Å²) in [4.78, 5) is 14.6. The summed E-state index contributed by atoms with van der Waals surface area (Å²) in [5.74, 6) is 5.45. The van der Waals surface area contributed by atoms with Crippen LogP contribution in [0, 0.1) is 0 Å². The molecule has 3 N–H and O–H groups in total. The van der Waals surface area contributed by atoms with Gasteiger partial charge in [-0.3, -0.25) is 10.6 Å². The Labute approximate surface area is 120 Å². The van der Waals surface area contributed by atoms with Crippen LogP contribution in [0.15, 0.2) is 24.3 Å². The van der Waals surface area contributed by atoms with Crippen LogP contribution in [-0.4, -0.2) is 35.1 Å². The van der Waals surface area contributed by atoms with E-state index in [-0.39, 0.29) is 17.1 Å². The molecule has 0 saturated carbocycles. The van der Waals surface area contributed by atoms with Gasteiger partial charge in [0.15, 0.2) is 0 Å². The average molecular weight is 277 g/mol. The fourth-order valence-corrected chi connectivity index (χ4v) is 2.90. The molecular formula is C15H23N3O2. The molecule has 1 heterocycles. The highest BCUT2D eigenvalue weighted by atomic mass is 16.5. The van der Waals surface area contributed by atoms with E-state index >= 15 is 0 Å². The standard InChI is InChI=1S/C15H23N3O2/c1-14(2)9-18(10-15(3,4)20-14)13(19)11-7-5-6-8-12(11)17-16/h5-8,17H,9-10,16H2,1-4H3. The van der Waals surface area contributed by atoms with Crippen molar-refractivity contribution in [2.75, 3.05) is 18.5 Å². The highest BCUT2D eigenvalue weighted by molar-refractivity contribution is 5.99. The lowest BCUT2D eigenvalue weighted by Gasteiger charge is -2.47. The molecule has 1 aliphatic heterocycles. The molecule has 5 nitrogen and oxygen atoms in total. The first-order chi connectivity index (χ1) is 9.24. The number of nitrogen functional groups attached to an aromatic ring is 1. The summed E-state index contributed by atoms with van der Waals surface area (Å²) >= 11 is 0. The molecule has 0 unspecified atom stereocenters. The Morgan fingerprint density at radius 1 is 1.20 bits per heavy atom. The van der Waals surface area contributed by atoms with Crippen molar-refractivity contribution in [2.24, 2.45) is 5.84 Å². The molecule has 1 saturated heterocycles. The maximum Gasteiger partial charge on any atom is 0.256 e. The summed E-state index contributed by atoms with van der Waals surface area (Å²) in [6.45, 7) is 9.13. The smallest absolute Gasteiger partial charge is 0.256 e. The van der Waals surface area contributed by atoms with E-state index in [0.717, 1.165) is 0 Å². The van der Waals surface area contributed by atoms with Gasteiger partial charge >= 0.3 is 0 Å². The van der Waals surface area contributed by atoms with E-state index in [9.17, 15) is 4.79 Å². The van der Waals surface area contributed by atoms with Crippen LogP contribution in [0.25, 0.3) is 0 Å². The van der Waals surface area contributed by atoms with Gasteiger partial charge in [-0.2, -0.15) is 0 Å². The monoisotopic (exact) mass is 277 g/mol. The molecule has 0 aliphatic carbocycles. The number of benzene rings is 1. The maximum absolute atomic E-state index is 12.7. The number of hydrogen-bond acceptors (Lipinski definition) is 4. The van der Waals surface area contributed by atoms with Crippen molar-refractivity contribution in [1.82, 2.24) is 4.90 Å². The molecule has 110 valence electrons. The number of ether oxygens (including phenoxy) is 1. The van der Waals surface area contributed by atoms with Crippen LogP contribution in [0.2, 0.25) is 0 Å². The summed E-state index contributed by atoms with van der Waals surface area (Å²) in [5.41, 5.74) is 3.09. The highest BCUT2D eigenvalue weighted by Gasteiger charge is 2.40. The third kappa shape index (κ3) is 3.11. The third-order valence-corrected chi connectivity index (χ3v) is 3.30. The van der Waals surface area contributed by atoms with Gasteiger partial charge in [0.2, 0.25) is 0 Å². The van der Waals surface area contributed by atoms with Crippen molar-refractivity contribution in [1.29, 1.82) is 0 Å². The molecule has 0 bridgehead atoms. The first kappa shape index (κ1) is 14.8. The number of nitrogens with one attached hydrogen (secondary N) is 1. The molecule has 20 heavy (non-hydrogen) atoms. The second-order valence-electron chi connectivity index (χ2n) is 6.47. The van der Waals surface area contributed by atoms with E-state index in [0.29, 0.717) is 24.3 Å². The van der Waals surface area contributed by atoms with Gasteiger partial charge < -0.3 is 15.1 Å². The summed E-state index contributed by atoms with van der Waals surface area (Å²) in [5, 5.41) is 0. The number of morpholine rings is 1. The fourth-order valence-electron chi connectivity index (χ4n) is 2.90. The van der Waals surface area contributed by atoms with E-state index < -0.39 is 0 Å². The molecule has 0 radical (unpaired) electrons. The maximum atomic E-state index is 12.7. The molecule has 0 spiro atoms. The van der Waals surface area contributed by atoms with E-state index in [2.05, 4.69) is 5.43 Å². The Balaban J connectivity index is 2.28. The number of para-hydroxylation sites is 1. The molecule has 1 aromatic carbocycles. The number of carbonyl (C=O) groups excluding carboxylic acids is 1. The number of hydrogen-bond donors (Lipinski definition) is 2. The normalized spacial score (nSPS) is 20.6. The summed E-state index contributed by atoms with van der Waals surface area (Å²) in [7, 11) is 0. The van der Waals surface area contributed by atoms with Crippen LogP contribution in [0.1, 0.15) is 38.1 Å². The van der Waals surface area contributed by atoms with Crippen molar-refractivity contribution < 1.29 is 9.53 Å². The molecule has 1 aromatic rings. The SMILES string of the molecule is CC1(C)CN(C(=O)c2ccccc2NN)CC(C)(C)O1. The highest BCUT2D eigenvalue weighted by Crippen LogP contribution is 2.29. The second kappa shape index (κ2) is 5.07. The first-order valence-electron chi connectivity index (χ1n) is 6.79. The average Bonchev–Trinajstić information content (AvgIpc) is 2.34. The number of anilines is 1. The predicted molar refractivity (Wildman–Crippen MR) is 79.4 cm³/mol. The first-order valence-corrected chi connectivity index (χ1v) is 6.79. The van der Waals surface area contributed by atoms with Crippen LogP contribution in [0.5, 0.6) is 0 Å². The van der Waals surface area contributed by atoms with Gasteiger partial charge in [0.1, 0.15) is 0 Å². The lowest BCUT2D eigenvalue weighted by molar-refractivity contribution is -0.171. The van der Waals surface area contributed by atoms with Gasteiger partial charge in [-0.15, -0.1) is 0 Å². The Morgan fingerprint density at radius 2 is 1.75 bits per heavy atom. The zero-order chi connectivity index (χ0) is 15.0. The van der Waals surface area contributed by atoms with Crippen LogP contribution in [-0.2, 0) is 4.74 Å². The van der Waals surface area contributed by atoms with Crippen molar-refractivity contribution >= 4 is 11.6 Å². The summed E-state index contributed by atoms with van der Waals surface area (Å²) in [6.07, 6.45) is 0. The minimum absolute atomic E-state index is 0.0250. The van der Waals surface area contributed by atoms with E-state index in [1.165, 1.54) is 0 Å². The molecular weight excluding hydrogens is 254 g/mol. The number of rotatable bonds is 2. The van der Waals surface area contributed by atoms with Crippen molar-refractivity contribution in [2.45, 2.75) is 38.9 Å². The quantitative estimate of drug-likeness (QED) is 0.641. The van der Waals surface area contributed by atoms with Crippen LogP contribution < -0.4 is 11.3 Å². The molecule has 1 fully saturated rings. The van der Waals surface area contributed by atoms with Crippen LogP contribution >= 0.6 is 0 Å². The van der Waals surface area contributed by atoms with E-state index in [1.807, 2.05) is 44.7 Å². The van der Waals surface area contributed by atoms with Gasteiger partial charge in [-0.25, -0.2) is 0 Å². The molecule has 1 amide bonds. The lowest BCUT2D eigenvalue weighted by Crippen LogP contribution is -2.58. The van der Waals surface area contributed by atoms with E-state index in [4.69, 9.17) is 10.6 Å². The second-order valence-corrected chi connectivity index (χ2v) is 6.47. The Kier molecular flexibility index (Phi) is 3.75. The van der Waals surface area contributed by atoms with Gasteiger partial charge in [-0.05, 0) is 39.8 Å². The van der Waals surface area contributed by atoms with Crippen LogP contribution in [0.4, 0.5) is 5.69 Å². The van der Waals surface area contributed by atoms with Crippen molar-refractivity contribution in [3.05, 3.63) is 29.8 Å². The molecule has 5 heteroatoms. The largest absolute Gasteiger partial charge is 0.366 e. The van der Waals surface area contributed by atoms with Gasteiger partial charge in [-0.1, -0.05) is 12.1 Å².